The number of aryl methyl sites for hydroxylation is 1. The van der Waals surface area contributed by atoms with Crippen LogP contribution in [0.15, 0.2) is 42.7 Å². The first kappa shape index (κ1) is 12.7. The van der Waals surface area contributed by atoms with E-state index in [0.717, 1.165) is 17.4 Å². The van der Waals surface area contributed by atoms with E-state index in [-0.39, 0.29) is 5.91 Å². The lowest BCUT2D eigenvalue weighted by Gasteiger charge is -2.05. The normalized spacial score (nSPS) is 10.1. The van der Waals surface area contributed by atoms with Crippen LogP contribution >= 0.6 is 15.9 Å². The first-order valence-corrected chi connectivity index (χ1v) is 6.64. The molecule has 1 amide bonds. The highest BCUT2D eigenvalue weighted by Crippen LogP contribution is 2.12. The quantitative estimate of drug-likeness (QED) is 0.884. The average Bonchev–Trinajstić information content (AvgIpc) is 2.42. The third kappa shape index (κ3) is 3.37. The van der Waals surface area contributed by atoms with Crippen molar-refractivity contribution in [3.63, 3.8) is 0 Å². The summed E-state index contributed by atoms with van der Waals surface area (Å²) in [5, 5.41) is 11.0. The van der Waals surface area contributed by atoms with Crippen LogP contribution in [0.25, 0.3) is 0 Å². The van der Waals surface area contributed by atoms with E-state index >= 15 is 0 Å². The first-order chi connectivity index (χ1) is 8.79. The van der Waals surface area contributed by atoms with Crippen LogP contribution in [0.4, 0.5) is 5.69 Å². The van der Waals surface area contributed by atoms with Gasteiger partial charge in [0.1, 0.15) is 0 Å². The fraction of sp³-hybridized carbons (Fsp3) is 0.154. The molecule has 5 heteroatoms. The number of alkyl halides is 1. The van der Waals surface area contributed by atoms with Crippen molar-refractivity contribution in [3.8, 4) is 0 Å². The van der Waals surface area contributed by atoms with Crippen molar-refractivity contribution in [3.05, 3.63) is 53.9 Å². The van der Waals surface area contributed by atoms with E-state index in [4.69, 9.17) is 0 Å². The lowest BCUT2D eigenvalue weighted by Crippen LogP contribution is -2.12. The molecule has 18 heavy (non-hydrogen) atoms. The molecule has 1 aromatic heterocycles. The van der Waals surface area contributed by atoms with E-state index in [0.29, 0.717) is 5.56 Å². The van der Waals surface area contributed by atoms with Gasteiger partial charge in [-0.05, 0) is 30.2 Å². The molecule has 2 aromatic rings. The number of hydrogen-bond acceptors (Lipinski definition) is 3. The van der Waals surface area contributed by atoms with Crippen LogP contribution in [0.2, 0.25) is 0 Å². The average molecular weight is 306 g/mol. The molecule has 4 nitrogen and oxygen atoms in total. The molecule has 1 aromatic carbocycles. The second-order valence-corrected chi connectivity index (χ2v) is 4.51. The molecule has 0 saturated heterocycles. The molecule has 0 fully saturated rings. The van der Waals surface area contributed by atoms with Gasteiger partial charge < -0.3 is 5.32 Å². The molecular weight excluding hydrogens is 294 g/mol. The van der Waals surface area contributed by atoms with E-state index in [1.165, 1.54) is 18.0 Å². The third-order valence-electron chi connectivity index (χ3n) is 2.44. The number of anilines is 1. The maximum Gasteiger partial charge on any atom is 0.257 e. The van der Waals surface area contributed by atoms with Gasteiger partial charge in [0.2, 0.25) is 0 Å². The van der Waals surface area contributed by atoms with Crippen LogP contribution in [0.5, 0.6) is 0 Å². The minimum Gasteiger partial charge on any atom is -0.322 e. The SMILES string of the molecule is O=C(Nc1ccc(CCBr)cc1)c1ccnnc1. The Labute approximate surface area is 114 Å². The van der Waals surface area contributed by atoms with Crippen molar-refractivity contribution in [1.29, 1.82) is 0 Å². The smallest absolute Gasteiger partial charge is 0.257 e. The van der Waals surface area contributed by atoms with Gasteiger partial charge in [-0.15, -0.1) is 0 Å². The van der Waals surface area contributed by atoms with Crippen LogP contribution < -0.4 is 5.32 Å². The molecular formula is C13H12BrN3O. The minimum atomic E-state index is -0.182. The number of amides is 1. The number of nitrogens with zero attached hydrogens (tertiary/aromatic N) is 2. The minimum absolute atomic E-state index is 0.182. The lowest BCUT2D eigenvalue weighted by molar-refractivity contribution is 0.102. The number of aromatic nitrogens is 2. The van der Waals surface area contributed by atoms with E-state index in [9.17, 15) is 4.79 Å². The summed E-state index contributed by atoms with van der Waals surface area (Å²) in [5.74, 6) is -0.182. The Morgan fingerprint density at radius 3 is 2.56 bits per heavy atom. The summed E-state index contributed by atoms with van der Waals surface area (Å²) >= 11 is 3.39. The Bertz CT molecular complexity index is 514. The zero-order chi connectivity index (χ0) is 12.8. The van der Waals surface area contributed by atoms with Crippen molar-refractivity contribution in [2.45, 2.75) is 6.42 Å². The number of rotatable bonds is 4. The Kier molecular flexibility index (Phi) is 4.41. The zero-order valence-corrected chi connectivity index (χ0v) is 11.2. The second kappa shape index (κ2) is 6.26. The summed E-state index contributed by atoms with van der Waals surface area (Å²) in [5.41, 5.74) is 2.50. The summed E-state index contributed by atoms with van der Waals surface area (Å²) in [7, 11) is 0. The van der Waals surface area contributed by atoms with Crippen LogP contribution in [0.1, 0.15) is 15.9 Å². The van der Waals surface area contributed by atoms with Gasteiger partial charge in [-0.2, -0.15) is 10.2 Å². The van der Waals surface area contributed by atoms with Crippen molar-refractivity contribution in [2.24, 2.45) is 0 Å². The third-order valence-corrected chi connectivity index (χ3v) is 2.84. The number of carbonyl (C=O) groups excluding carboxylic acids is 1. The summed E-state index contributed by atoms with van der Waals surface area (Å²) in [4.78, 5) is 11.8. The van der Waals surface area contributed by atoms with Crippen LogP contribution in [-0.2, 0) is 6.42 Å². The maximum absolute atomic E-state index is 11.8. The van der Waals surface area contributed by atoms with Gasteiger partial charge >= 0.3 is 0 Å². The summed E-state index contributed by atoms with van der Waals surface area (Å²) in [6, 6.07) is 9.42. The highest BCUT2D eigenvalue weighted by atomic mass is 79.9. The van der Waals surface area contributed by atoms with Crippen LogP contribution in [-0.4, -0.2) is 21.4 Å². The molecule has 0 unspecified atom stereocenters. The molecule has 0 spiro atoms. The molecule has 0 saturated carbocycles. The van der Waals surface area contributed by atoms with Gasteiger partial charge in [0, 0.05) is 11.0 Å². The number of halogens is 1. The maximum atomic E-state index is 11.8. The molecule has 92 valence electrons. The summed E-state index contributed by atoms with van der Waals surface area (Å²) < 4.78 is 0. The van der Waals surface area contributed by atoms with Gasteiger partial charge in [-0.1, -0.05) is 28.1 Å². The Morgan fingerprint density at radius 2 is 1.94 bits per heavy atom. The molecule has 0 aliphatic carbocycles. The molecule has 0 radical (unpaired) electrons. The second-order valence-electron chi connectivity index (χ2n) is 3.72. The van der Waals surface area contributed by atoms with E-state index in [2.05, 4.69) is 31.4 Å². The Balaban J connectivity index is 2.03. The summed E-state index contributed by atoms with van der Waals surface area (Å²) in [6.07, 6.45) is 3.91. The first-order valence-electron chi connectivity index (χ1n) is 5.52. The predicted octanol–water partition coefficient (Wildman–Crippen LogP) is 2.67. The predicted molar refractivity (Wildman–Crippen MR) is 73.9 cm³/mol. The standard InChI is InChI=1S/C13H12BrN3O/c14-7-5-10-1-3-12(4-2-10)17-13(18)11-6-8-15-16-9-11/h1-4,6,8-9H,5,7H2,(H,17,18). The highest BCUT2D eigenvalue weighted by Gasteiger charge is 2.05. The highest BCUT2D eigenvalue weighted by molar-refractivity contribution is 9.09. The Morgan fingerprint density at radius 1 is 1.17 bits per heavy atom. The summed E-state index contributed by atoms with van der Waals surface area (Å²) in [6.45, 7) is 0. The fourth-order valence-electron chi connectivity index (χ4n) is 1.49. The van der Waals surface area contributed by atoms with Crippen molar-refractivity contribution >= 4 is 27.5 Å². The number of hydrogen-bond donors (Lipinski definition) is 1. The zero-order valence-electron chi connectivity index (χ0n) is 9.64. The van der Waals surface area contributed by atoms with Gasteiger partial charge in [0.15, 0.2) is 0 Å². The molecule has 0 aliphatic heterocycles. The van der Waals surface area contributed by atoms with E-state index < -0.39 is 0 Å². The monoisotopic (exact) mass is 305 g/mol. The van der Waals surface area contributed by atoms with Gasteiger partial charge in [-0.25, -0.2) is 0 Å². The van der Waals surface area contributed by atoms with E-state index in [1.807, 2.05) is 24.3 Å². The van der Waals surface area contributed by atoms with Crippen LogP contribution in [0, 0.1) is 0 Å². The van der Waals surface area contributed by atoms with E-state index in [1.54, 1.807) is 6.07 Å². The molecule has 1 N–H and O–H groups in total. The van der Waals surface area contributed by atoms with Crippen LogP contribution in [0.3, 0.4) is 0 Å². The lowest BCUT2D eigenvalue weighted by atomic mass is 10.1. The molecule has 2 rings (SSSR count). The molecule has 0 bridgehead atoms. The number of carbonyl (C=O) groups is 1. The number of nitrogens with one attached hydrogen (secondary N) is 1. The molecule has 0 aliphatic rings. The number of benzene rings is 1. The van der Waals surface area contributed by atoms with Gasteiger partial charge in [0.05, 0.1) is 18.0 Å². The topological polar surface area (TPSA) is 54.9 Å². The Hall–Kier alpha value is -1.75. The van der Waals surface area contributed by atoms with Gasteiger partial charge in [-0.3, -0.25) is 4.79 Å². The largest absolute Gasteiger partial charge is 0.322 e. The van der Waals surface area contributed by atoms with Crippen molar-refractivity contribution in [2.75, 3.05) is 10.6 Å². The molecule has 1 heterocycles. The fourth-order valence-corrected chi connectivity index (χ4v) is 1.95. The molecule has 0 atom stereocenters. The van der Waals surface area contributed by atoms with Crippen molar-refractivity contribution in [1.82, 2.24) is 10.2 Å². The van der Waals surface area contributed by atoms with Gasteiger partial charge in [0.25, 0.3) is 5.91 Å². The van der Waals surface area contributed by atoms with Crippen molar-refractivity contribution < 1.29 is 4.79 Å².